The third-order valence-corrected chi connectivity index (χ3v) is 5.75. The molecule has 3 rings (SSSR count). The number of aromatic nitrogens is 3. The number of nitrogens with one attached hydrogen (secondary N) is 2. The van der Waals surface area contributed by atoms with E-state index >= 15 is 0 Å². The minimum absolute atomic E-state index is 0.0417. The van der Waals surface area contributed by atoms with Gasteiger partial charge in [-0.3, -0.25) is 14.5 Å². The molecule has 0 bridgehead atoms. The summed E-state index contributed by atoms with van der Waals surface area (Å²) < 4.78 is 3.08. The lowest BCUT2D eigenvalue weighted by atomic mass is 10.1. The Morgan fingerprint density at radius 1 is 1.35 bits per heavy atom. The van der Waals surface area contributed by atoms with Gasteiger partial charge in [0.05, 0.1) is 10.4 Å². The zero-order valence-corrected chi connectivity index (χ0v) is 16.8. The molecule has 0 radical (unpaired) electrons. The Bertz CT molecular complexity index is 958. The van der Waals surface area contributed by atoms with E-state index in [1.54, 1.807) is 0 Å². The molecule has 0 saturated heterocycles. The minimum atomic E-state index is -0.0751. The average Bonchev–Trinajstić information content (AvgIpc) is 3.20. The minimum Gasteiger partial charge on any atom is -0.349 e. The van der Waals surface area contributed by atoms with Crippen molar-refractivity contribution in [3.05, 3.63) is 55.9 Å². The van der Waals surface area contributed by atoms with Crippen LogP contribution >= 0.6 is 35.2 Å². The number of hydrogen-bond acceptors (Lipinski definition) is 4. The lowest BCUT2D eigenvalue weighted by Crippen LogP contribution is -2.27. The van der Waals surface area contributed by atoms with Crippen molar-refractivity contribution >= 4 is 41.1 Å². The standard InChI is InChI=1S/C18H19ClN4OS2/c1-11-3-5-13(6-4-11)17-21-22-18(25)23(17)10-9-16(24)20-12(2)14-7-8-15(19)26-14/h3-8,12H,9-10H2,1-2H3,(H,20,24)(H,22,25)/t12-/m0/s1. The number of rotatable bonds is 6. The Hall–Kier alpha value is -1.96. The predicted molar refractivity (Wildman–Crippen MR) is 108 cm³/mol. The lowest BCUT2D eigenvalue weighted by molar-refractivity contribution is -0.121. The van der Waals surface area contributed by atoms with Gasteiger partial charge in [-0.2, -0.15) is 5.10 Å². The van der Waals surface area contributed by atoms with Crippen molar-refractivity contribution in [2.24, 2.45) is 0 Å². The second kappa shape index (κ2) is 8.16. The van der Waals surface area contributed by atoms with Crippen molar-refractivity contribution < 1.29 is 4.79 Å². The molecule has 2 N–H and O–H groups in total. The van der Waals surface area contributed by atoms with Gasteiger partial charge in [0.1, 0.15) is 0 Å². The Balaban J connectivity index is 1.66. The average molecular weight is 407 g/mol. The van der Waals surface area contributed by atoms with Crippen LogP contribution in [0.25, 0.3) is 11.4 Å². The third kappa shape index (κ3) is 4.41. The third-order valence-electron chi connectivity index (χ3n) is 4.03. The van der Waals surface area contributed by atoms with Crippen LogP contribution in [0.5, 0.6) is 0 Å². The summed E-state index contributed by atoms with van der Waals surface area (Å²) in [6.07, 6.45) is 0.316. The van der Waals surface area contributed by atoms with Crippen molar-refractivity contribution in [1.29, 1.82) is 0 Å². The van der Waals surface area contributed by atoms with Crippen LogP contribution in [0.3, 0.4) is 0 Å². The summed E-state index contributed by atoms with van der Waals surface area (Å²) in [6, 6.07) is 11.7. The largest absolute Gasteiger partial charge is 0.349 e. The van der Waals surface area contributed by atoms with Gasteiger partial charge in [-0.15, -0.1) is 11.3 Å². The van der Waals surface area contributed by atoms with E-state index in [4.69, 9.17) is 23.8 Å². The van der Waals surface area contributed by atoms with Gasteiger partial charge < -0.3 is 5.32 Å². The molecular weight excluding hydrogens is 388 g/mol. The van der Waals surface area contributed by atoms with Gasteiger partial charge >= 0.3 is 0 Å². The van der Waals surface area contributed by atoms with Crippen molar-refractivity contribution in [1.82, 2.24) is 20.1 Å². The molecule has 1 atom stereocenters. The van der Waals surface area contributed by atoms with E-state index in [2.05, 4.69) is 15.5 Å². The molecule has 0 fully saturated rings. The van der Waals surface area contributed by atoms with Gasteiger partial charge in [0.25, 0.3) is 0 Å². The van der Waals surface area contributed by atoms with Gasteiger partial charge in [0.15, 0.2) is 10.6 Å². The molecule has 0 aliphatic carbocycles. The highest BCUT2D eigenvalue weighted by molar-refractivity contribution is 7.71. The smallest absolute Gasteiger partial charge is 0.222 e. The summed E-state index contributed by atoms with van der Waals surface area (Å²) in [7, 11) is 0. The molecule has 1 amide bonds. The van der Waals surface area contributed by atoms with Gasteiger partial charge in [-0.05, 0) is 38.2 Å². The van der Waals surface area contributed by atoms with Crippen LogP contribution in [-0.4, -0.2) is 20.7 Å². The second-order valence-corrected chi connectivity index (χ2v) is 8.18. The van der Waals surface area contributed by atoms with E-state index < -0.39 is 0 Å². The summed E-state index contributed by atoms with van der Waals surface area (Å²) in [6.45, 7) is 4.44. The van der Waals surface area contributed by atoms with Gasteiger partial charge in [0, 0.05) is 23.4 Å². The molecule has 2 aromatic heterocycles. The summed E-state index contributed by atoms with van der Waals surface area (Å²) >= 11 is 12.7. The highest BCUT2D eigenvalue weighted by Gasteiger charge is 2.14. The molecule has 3 aromatic rings. The topological polar surface area (TPSA) is 62.7 Å². The molecule has 136 valence electrons. The Labute approximate surface area is 166 Å². The van der Waals surface area contributed by atoms with Crippen LogP contribution in [0, 0.1) is 11.7 Å². The Morgan fingerprint density at radius 3 is 2.73 bits per heavy atom. The number of amides is 1. The highest BCUT2D eigenvalue weighted by atomic mass is 35.5. The first kappa shape index (κ1) is 18.8. The fourth-order valence-corrected chi connectivity index (χ4v) is 3.89. The van der Waals surface area contributed by atoms with Crippen molar-refractivity contribution in [3.63, 3.8) is 0 Å². The maximum atomic E-state index is 12.3. The predicted octanol–water partition coefficient (Wildman–Crippen LogP) is 4.90. The number of H-pyrrole nitrogens is 1. The van der Waals surface area contributed by atoms with E-state index in [9.17, 15) is 4.79 Å². The quantitative estimate of drug-likeness (QED) is 0.572. The molecule has 0 aliphatic heterocycles. The Morgan fingerprint density at radius 2 is 2.08 bits per heavy atom. The molecular formula is C18H19ClN4OS2. The summed E-state index contributed by atoms with van der Waals surface area (Å²) in [5.41, 5.74) is 2.14. The van der Waals surface area contributed by atoms with Crippen LogP contribution in [0.1, 0.15) is 29.8 Å². The number of halogens is 1. The lowest BCUT2D eigenvalue weighted by Gasteiger charge is -2.13. The van der Waals surface area contributed by atoms with E-state index in [1.807, 2.05) is 54.8 Å². The fraction of sp³-hybridized carbons (Fsp3) is 0.278. The number of thiophene rings is 1. The van der Waals surface area contributed by atoms with Crippen LogP contribution < -0.4 is 5.32 Å². The first-order chi connectivity index (χ1) is 12.4. The van der Waals surface area contributed by atoms with Crippen molar-refractivity contribution in [2.45, 2.75) is 32.9 Å². The van der Waals surface area contributed by atoms with E-state index in [0.29, 0.717) is 22.1 Å². The first-order valence-electron chi connectivity index (χ1n) is 8.21. The number of benzene rings is 1. The van der Waals surface area contributed by atoms with Gasteiger partial charge in [-0.25, -0.2) is 0 Å². The molecule has 8 heteroatoms. The molecule has 0 aliphatic rings. The molecule has 2 heterocycles. The summed E-state index contributed by atoms with van der Waals surface area (Å²) in [5.74, 6) is 0.695. The molecule has 1 aromatic carbocycles. The number of nitrogens with zero attached hydrogens (tertiary/aromatic N) is 2. The second-order valence-electron chi connectivity index (χ2n) is 6.05. The van der Waals surface area contributed by atoms with E-state index in [1.165, 1.54) is 16.9 Å². The highest BCUT2D eigenvalue weighted by Crippen LogP contribution is 2.26. The maximum absolute atomic E-state index is 12.3. The number of aromatic amines is 1. The Kier molecular flexibility index (Phi) is 5.90. The molecule has 0 unspecified atom stereocenters. The first-order valence-corrected chi connectivity index (χ1v) is 9.81. The number of carbonyl (C=O) groups is 1. The van der Waals surface area contributed by atoms with Gasteiger partial charge in [0.2, 0.25) is 5.91 Å². The van der Waals surface area contributed by atoms with Crippen LogP contribution in [0.15, 0.2) is 36.4 Å². The van der Waals surface area contributed by atoms with Crippen LogP contribution in [-0.2, 0) is 11.3 Å². The summed E-state index contributed by atoms with van der Waals surface area (Å²) in [4.78, 5) is 13.3. The van der Waals surface area contributed by atoms with Crippen LogP contribution in [0.2, 0.25) is 4.34 Å². The normalized spacial score (nSPS) is 12.1. The number of aryl methyl sites for hydroxylation is 1. The SMILES string of the molecule is Cc1ccc(-c2n[nH]c(=S)n2CCC(=O)N[C@@H](C)c2ccc(Cl)s2)cc1. The van der Waals surface area contributed by atoms with Crippen LogP contribution in [0.4, 0.5) is 0 Å². The molecule has 0 saturated carbocycles. The van der Waals surface area contributed by atoms with E-state index in [0.717, 1.165) is 16.3 Å². The fourth-order valence-electron chi connectivity index (χ4n) is 2.61. The molecule has 26 heavy (non-hydrogen) atoms. The number of hydrogen-bond donors (Lipinski definition) is 2. The zero-order chi connectivity index (χ0) is 18.7. The van der Waals surface area contributed by atoms with Gasteiger partial charge in [-0.1, -0.05) is 41.4 Å². The zero-order valence-electron chi connectivity index (χ0n) is 14.5. The monoisotopic (exact) mass is 406 g/mol. The molecule has 0 spiro atoms. The van der Waals surface area contributed by atoms with Crippen molar-refractivity contribution in [2.75, 3.05) is 0 Å². The molecule has 5 nitrogen and oxygen atoms in total. The number of carbonyl (C=O) groups excluding carboxylic acids is 1. The maximum Gasteiger partial charge on any atom is 0.222 e. The summed E-state index contributed by atoms with van der Waals surface area (Å²) in [5, 5.41) is 10.1. The van der Waals surface area contributed by atoms with E-state index in [-0.39, 0.29) is 11.9 Å². The van der Waals surface area contributed by atoms with Crippen molar-refractivity contribution in [3.8, 4) is 11.4 Å².